The molecule has 0 atom stereocenters. The topological polar surface area (TPSA) is 83.0 Å². The number of hydrogen-bond donors (Lipinski definition) is 1. The first-order valence-electron chi connectivity index (χ1n) is 6.01. The number of hydrogen-bond acceptors (Lipinski definition) is 5. The number of nitrogen functional groups attached to an aromatic ring is 1. The number of carbonyl (C=O) groups excluding carboxylic acids is 1. The Morgan fingerprint density at radius 1 is 1.42 bits per heavy atom. The molecule has 0 aromatic carbocycles. The third kappa shape index (κ3) is 2.57. The largest absolute Gasteiger partial charge is 0.404 e. The second-order valence-electron chi connectivity index (χ2n) is 4.17. The zero-order chi connectivity index (χ0) is 14.0. The maximum Gasteiger partial charge on any atom is 0.350 e. The second kappa shape index (κ2) is 5.09. The molecule has 100 valence electrons. The van der Waals surface area contributed by atoms with Gasteiger partial charge in [-0.1, -0.05) is 6.07 Å². The normalized spacial score (nSPS) is 10.5. The Labute approximate surface area is 111 Å². The number of aromatic nitrogens is 3. The van der Waals surface area contributed by atoms with E-state index in [2.05, 4.69) is 10.1 Å². The van der Waals surface area contributed by atoms with Gasteiger partial charge in [0.25, 0.3) is 0 Å². The Balaban J connectivity index is 2.28. The molecule has 0 radical (unpaired) electrons. The molecule has 0 saturated carbocycles. The van der Waals surface area contributed by atoms with Crippen molar-refractivity contribution < 1.29 is 9.53 Å². The van der Waals surface area contributed by atoms with Gasteiger partial charge in [-0.15, -0.1) is 0 Å². The fourth-order valence-corrected chi connectivity index (χ4v) is 1.81. The van der Waals surface area contributed by atoms with E-state index < -0.39 is 5.97 Å². The third-order valence-electron chi connectivity index (χ3n) is 2.73. The molecule has 2 N–H and O–H groups in total. The van der Waals surface area contributed by atoms with Gasteiger partial charge >= 0.3 is 5.97 Å². The van der Waals surface area contributed by atoms with Crippen LogP contribution >= 0.6 is 0 Å². The molecule has 0 amide bonds. The van der Waals surface area contributed by atoms with E-state index in [-0.39, 0.29) is 5.88 Å². The van der Waals surface area contributed by atoms with Crippen molar-refractivity contribution in [2.24, 2.45) is 0 Å². The third-order valence-corrected chi connectivity index (χ3v) is 2.73. The molecule has 0 aliphatic carbocycles. The fraction of sp³-hybridized carbons (Fsp3) is 0.308. The Bertz CT molecular complexity index is 619. The second-order valence-corrected chi connectivity index (χ2v) is 4.17. The van der Waals surface area contributed by atoms with Crippen molar-refractivity contribution >= 4 is 11.8 Å². The predicted molar refractivity (Wildman–Crippen MR) is 71.0 cm³/mol. The summed E-state index contributed by atoms with van der Waals surface area (Å²) in [5.74, 6) is 0.0403. The molecule has 0 aliphatic heterocycles. The molecule has 0 fully saturated rings. The van der Waals surface area contributed by atoms with Crippen molar-refractivity contribution in [3.8, 4) is 5.88 Å². The van der Waals surface area contributed by atoms with Gasteiger partial charge in [0.2, 0.25) is 5.88 Å². The minimum absolute atomic E-state index is 0.257. The van der Waals surface area contributed by atoms with Gasteiger partial charge in [-0.25, -0.2) is 14.5 Å². The van der Waals surface area contributed by atoms with E-state index in [1.807, 2.05) is 19.9 Å². The van der Waals surface area contributed by atoms with Crippen LogP contribution in [0.2, 0.25) is 0 Å². The first-order valence-corrected chi connectivity index (χ1v) is 6.01. The molecule has 6 nitrogen and oxygen atoms in total. The number of nitrogens with two attached hydrogens (primary N) is 1. The molecule has 0 spiro atoms. The van der Waals surface area contributed by atoms with Crippen LogP contribution in [-0.4, -0.2) is 20.7 Å². The van der Waals surface area contributed by atoms with Crippen LogP contribution in [0.25, 0.3) is 0 Å². The lowest BCUT2D eigenvalue weighted by atomic mass is 10.2. The highest BCUT2D eigenvalue weighted by molar-refractivity contribution is 5.96. The average molecular weight is 260 g/mol. The minimum atomic E-state index is -0.534. The Morgan fingerprint density at radius 2 is 2.16 bits per heavy atom. The number of nitrogens with zero attached hydrogens (tertiary/aromatic N) is 3. The zero-order valence-electron chi connectivity index (χ0n) is 11.2. The van der Waals surface area contributed by atoms with Crippen molar-refractivity contribution in [2.45, 2.75) is 27.3 Å². The monoisotopic (exact) mass is 260 g/mol. The molecule has 2 rings (SSSR count). The molecule has 0 bridgehead atoms. The SMILES string of the molecule is CCn1nc(C)c(C(=O)Oc2cccc(C)n2)c1N. The molecule has 0 aliphatic rings. The summed E-state index contributed by atoms with van der Waals surface area (Å²) in [6.07, 6.45) is 0. The van der Waals surface area contributed by atoms with Crippen LogP contribution in [0.15, 0.2) is 18.2 Å². The molecular formula is C13H16N4O2. The van der Waals surface area contributed by atoms with Crippen LogP contribution < -0.4 is 10.5 Å². The molecule has 0 unspecified atom stereocenters. The van der Waals surface area contributed by atoms with Gasteiger partial charge in [-0.3, -0.25) is 0 Å². The molecule has 2 aromatic rings. The Hall–Kier alpha value is -2.37. The quantitative estimate of drug-likeness (QED) is 0.849. The van der Waals surface area contributed by atoms with Gasteiger partial charge in [0.05, 0.1) is 5.69 Å². The van der Waals surface area contributed by atoms with Gasteiger partial charge < -0.3 is 10.5 Å². The molecule has 2 heterocycles. The highest BCUT2D eigenvalue weighted by Crippen LogP contribution is 2.19. The Morgan fingerprint density at radius 3 is 2.74 bits per heavy atom. The number of esters is 1. The van der Waals surface area contributed by atoms with Crippen molar-refractivity contribution in [1.29, 1.82) is 0 Å². The summed E-state index contributed by atoms with van der Waals surface area (Å²) in [6.45, 7) is 6.05. The fourth-order valence-electron chi connectivity index (χ4n) is 1.81. The summed E-state index contributed by atoms with van der Waals surface area (Å²) in [4.78, 5) is 16.2. The lowest BCUT2D eigenvalue weighted by Crippen LogP contribution is -2.13. The van der Waals surface area contributed by atoms with Gasteiger partial charge in [0.1, 0.15) is 11.4 Å². The molecule has 0 saturated heterocycles. The van der Waals surface area contributed by atoms with Crippen molar-refractivity contribution in [2.75, 3.05) is 5.73 Å². The average Bonchev–Trinajstić information content (AvgIpc) is 2.64. The number of aryl methyl sites for hydroxylation is 3. The lowest BCUT2D eigenvalue weighted by molar-refractivity contribution is 0.0727. The summed E-state index contributed by atoms with van der Waals surface area (Å²) < 4.78 is 6.78. The van der Waals surface area contributed by atoms with Crippen LogP contribution in [0.5, 0.6) is 5.88 Å². The van der Waals surface area contributed by atoms with Crippen LogP contribution in [-0.2, 0) is 6.54 Å². The summed E-state index contributed by atoms with van der Waals surface area (Å²) in [7, 11) is 0. The van der Waals surface area contributed by atoms with Crippen LogP contribution in [0.3, 0.4) is 0 Å². The number of rotatable bonds is 3. The predicted octanol–water partition coefficient (Wildman–Crippen LogP) is 1.72. The van der Waals surface area contributed by atoms with E-state index in [1.54, 1.807) is 23.7 Å². The summed E-state index contributed by atoms with van der Waals surface area (Å²) >= 11 is 0. The van der Waals surface area contributed by atoms with Crippen molar-refractivity contribution in [3.63, 3.8) is 0 Å². The number of ether oxygens (including phenoxy) is 1. The number of pyridine rings is 1. The van der Waals surface area contributed by atoms with E-state index in [0.717, 1.165) is 5.69 Å². The standard InChI is InChI=1S/C13H16N4O2/c1-4-17-12(14)11(9(3)16-17)13(18)19-10-7-5-6-8(2)15-10/h5-7H,4,14H2,1-3H3. The molecule has 19 heavy (non-hydrogen) atoms. The summed E-state index contributed by atoms with van der Waals surface area (Å²) in [6, 6.07) is 5.23. The van der Waals surface area contributed by atoms with Crippen molar-refractivity contribution in [3.05, 3.63) is 35.2 Å². The minimum Gasteiger partial charge on any atom is -0.404 e. The highest BCUT2D eigenvalue weighted by Gasteiger charge is 2.21. The summed E-state index contributed by atoms with van der Waals surface area (Å²) in [5.41, 5.74) is 7.50. The number of anilines is 1. The van der Waals surface area contributed by atoms with Gasteiger partial charge in [0.15, 0.2) is 0 Å². The van der Waals surface area contributed by atoms with E-state index in [1.165, 1.54) is 0 Å². The zero-order valence-corrected chi connectivity index (χ0v) is 11.2. The first kappa shape index (κ1) is 13.1. The van der Waals surface area contributed by atoms with Crippen LogP contribution in [0, 0.1) is 13.8 Å². The van der Waals surface area contributed by atoms with Crippen LogP contribution in [0.4, 0.5) is 5.82 Å². The maximum atomic E-state index is 12.1. The van der Waals surface area contributed by atoms with Crippen LogP contribution in [0.1, 0.15) is 28.7 Å². The van der Waals surface area contributed by atoms with E-state index >= 15 is 0 Å². The van der Waals surface area contributed by atoms with E-state index in [0.29, 0.717) is 23.6 Å². The highest BCUT2D eigenvalue weighted by atomic mass is 16.5. The van der Waals surface area contributed by atoms with E-state index in [4.69, 9.17) is 10.5 Å². The Kier molecular flexibility index (Phi) is 3.50. The lowest BCUT2D eigenvalue weighted by Gasteiger charge is -2.04. The molecular weight excluding hydrogens is 244 g/mol. The molecule has 6 heteroatoms. The van der Waals surface area contributed by atoms with Gasteiger partial charge in [0, 0.05) is 18.3 Å². The van der Waals surface area contributed by atoms with Crippen molar-refractivity contribution in [1.82, 2.24) is 14.8 Å². The number of carbonyl (C=O) groups is 1. The smallest absolute Gasteiger partial charge is 0.350 e. The van der Waals surface area contributed by atoms with E-state index in [9.17, 15) is 4.79 Å². The maximum absolute atomic E-state index is 12.1. The van der Waals surface area contributed by atoms with Gasteiger partial charge in [-0.2, -0.15) is 5.10 Å². The van der Waals surface area contributed by atoms with Gasteiger partial charge in [-0.05, 0) is 26.8 Å². The summed E-state index contributed by atoms with van der Waals surface area (Å²) in [5, 5.41) is 4.18. The molecule has 2 aromatic heterocycles. The first-order chi connectivity index (χ1) is 9.02.